The highest BCUT2D eigenvalue weighted by molar-refractivity contribution is 5.86. The van der Waals surface area contributed by atoms with Gasteiger partial charge in [-0.05, 0) is 31.9 Å². The Hall–Kier alpha value is -2.11. The van der Waals surface area contributed by atoms with Crippen LogP contribution in [0.3, 0.4) is 0 Å². The molecule has 0 aliphatic rings. The van der Waals surface area contributed by atoms with Crippen LogP contribution in [-0.2, 0) is 16.0 Å². The highest BCUT2D eigenvalue weighted by Crippen LogP contribution is 2.21. The van der Waals surface area contributed by atoms with E-state index in [4.69, 9.17) is 9.84 Å². The Bertz CT molecular complexity index is 514. The Balaban J connectivity index is 2.64. The number of carbonyl (C=O) groups is 2. The van der Waals surface area contributed by atoms with E-state index < -0.39 is 23.2 Å². The third-order valence-electron chi connectivity index (χ3n) is 2.87. The van der Waals surface area contributed by atoms with E-state index in [9.17, 15) is 14.0 Å². The van der Waals surface area contributed by atoms with Crippen LogP contribution in [0, 0.1) is 5.82 Å². The van der Waals surface area contributed by atoms with E-state index in [1.165, 1.54) is 27.0 Å². The second-order valence-corrected chi connectivity index (χ2v) is 4.91. The van der Waals surface area contributed by atoms with Crippen molar-refractivity contribution >= 4 is 11.9 Å². The molecule has 0 saturated heterocycles. The average molecular weight is 283 g/mol. The third kappa shape index (κ3) is 3.94. The summed E-state index contributed by atoms with van der Waals surface area (Å²) in [5.74, 6) is -1.95. The number of aryl methyl sites for hydroxylation is 1. The molecule has 0 aliphatic heterocycles. The Morgan fingerprint density at radius 2 is 2.05 bits per heavy atom. The van der Waals surface area contributed by atoms with Crippen molar-refractivity contribution in [2.24, 2.45) is 0 Å². The molecule has 0 radical (unpaired) electrons. The zero-order valence-corrected chi connectivity index (χ0v) is 11.7. The number of methoxy groups -OCH3 is 1. The number of amides is 1. The fourth-order valence-electron chi connectivity index (χ4n) is 1.62. The predicted octanol–water partition coefficient (Wildman–Crippen LogP) is 1.75. The lowest BCUT2D eigenvalue weighted by atomic mass is 10.0. The van der Waals surface area contributed by atoms with Gasteiger partial charge >= 0.3 is 5.97 Å². The summed E-state index contributed by atoms with van der Waals surface area (Å²) in [5.41, 5.74) is -0.989. The second kappa shape index (κ2) is 6.36. The van der Waals surface area contributed by atoms with Gasteiger partial charge in [-0.3, -0.25) is 4.79 Å². The number of carbonyl (C=O) groups excluding carboxylic acids is 1. The van der Waals surface area contributed by atoms with Crippen LogP contribution in [0.1, 0.15) is 25.8 Å². The third-order valence-corrected chi connectivity index (χ3v) is 2.87. The maximum atomic E-state index is 13.8. The van der Waals surface area contributed by atoms with Crippen LogP contribution in [0.2, 0.25) is 0 Å². The Morgan fingerprint density at radius 3 is 2.60 bits per heavy atom. The number of hydrogen-bond acceptors (Lipinski definition) is 3. The molecule has 1 aromatic carbocycles. The first kappa shape index (κ1) is 15.9. The number of halogens is 1. The quantitative estimate of drug-likeness (QED) is 0.834. The Kier molecular flexibility index (Phi) is 5.07. The van der Waals surface area contributed by atoms with E-state index in [-0.39, 0.29) is 18.6 Å². The smallest absolute Gasteiger partial charge is 0.328 e. The topological polar surface area (TPSA) is 75.6 Å². The molecule has 20 heavy (non-hydrogen) atoms. The lowest BCUT2D eigenvalue weighted by molar-refractivity contribution is -0.146. The lowest BCUT2D eigenvalue weighted by Gasteiger charge is -2.20. The van der Waals surface area contributed by atoms with Crippen molar-refractivity contribution in [2.75, 3.05) is 7.11 Å². The van der Waals surface area contributed by atoms with Crippen LogP contribution >= 0.6 is 0 Å². The normalized spacial score (nSPS) is 11.0. The fourth-order valence-corrected chi connectivity index (χ4v) is 1.62. The number of hydrogen-bond donors (Lipinski definition) is 2. The average Bonchev–Trinajstić information content (AvgIpc) is 2.36. The molecular formula is C14H18FNO4. The predicted molar refractivity (Wildman–Crippen MR) is 71.1 cm³/mol. The lowest BCUT2D eigenvalue weighted by Crippen LogP contribution is -2.49. The molecule has 0 fully saturated rings. The van der Waals surface area contributed by atoms with Crippen LogP contribution in [0.15, 0.2) is 18.2 Å². The molecule has 0 aromatic heterocycles. The zero-order valence-electron chi connectivity index (χ0n) is 11.7. The van der Waals surface area contributed by atoms with E-state index in [0.29, 0.717) is 5.56 Å². The molecule has 1 rings (SSSR count). The highest BCUT2D eigenvalue weighted by atomic mass is 19.1. The largest absolute Gasteiger partial charge is 0.494 e. The summed E-state index contributed by atoms with van der Waals surface area (Å²) < 4.78 is 18.7. The van der Waals surface area contributed by atoms with Gasteiger partial charge in [-0.2, -0.15) is 0 Å². The van der Waals surface area contributed by atoms with E-state index in [2.05, 4.69) is 5.32 Å². The van der Waals surface area contributed by atoms with Crippen molar-refractivity contribution in [3.05, 3.63) is 29.6 Å². The van der Waals surface area contributed by atoms with Crippen molar-refractivity contribution in [1.29, 1.82) is 0 Å². The van der Waals surface area contributed by atoms with Crippen molar-refractivity contribution in [1.82, 2.24) is 5.32 Å². The van der Waals surface area contributed by atoms with Gasteiger partial charge in [0, 0.05) is 6.42 Å². The molecule has 0 spiro atoms. The standard InChI is InChI=1S/C14H18FNO4/c1-14(2,13(18)19)16-11(17)8-7-9-5-4-6-10(20-3)12(9)15/h4-6H,7-8H2,1-3H3,(H,16,17)(H,18,19). The maximum absolute atomic E-state index is 13.8. The summed E-state index contributed by atoms with van der Waals surface area (Å²) in [6.45, 7) is 2.78. The fraction of sp³-hybridized carbons (Fsp3) is 0.429. The minimum Gasteiger partial charge on any atom is -0.494 e. The first-order chi connectivity index (χ1) is 9.27. The van der Waals surface area contributed by atoms with Crippen LogP contribution in [-0.4, -0.2) is 29.6 Å². The van der Waals surface area contributed by atoms with E-state index in [1.807, 2.05) is 0 Å². The minimum absolute atomic E-state index is 0.000791. The molecule has 0 heterocycles. The SMILES string of the molecule is COc1cccc(CCC(=O)NC(C)(C)C(=O)O)c1F. The van der Waals surface area contributed by atoms with Crippen molar-refractivity contribution in [3.8, 4) is 5.75 Å². The van der Waals surface area contributed by atoms with Gasteiger partial charge in [-0.25, -0.2) is 9.18 Å². The molecule has 0 saturated carbocycles. The van der Waals surface area contributed by atoms with Gasteiger partial charge in [-0.15, -0.1) is 0 Å². The molecule has 0 unspecified atom stereocenters. The van der Waals surface area contributed by atoms with Crippen LogP contribution < -0.4 is 10.1 Å². The van der Waals surface area contributed by atoms with Gasteiger partial charge < -0.3 is 15.2 Å². The highest BCUT2D eigenvalue weighted by Gasteiger charge is 2.28. The summed E-state index contributed by atoms with van der Waals surface area (Å²) >= 11 is 0. The molecular weight excluding hydrogens is 265 g/mol. The van der Waals surface area contributed by atoms with Crippen LogP contribution in [0.25, 0.3) is 0 Å². The molecule has 6 heteroatoms. The van der Waals surface area contributed by atoms with E-state index in [0.717, 1.165) is 0 Å². The number of rotatable bonds is 6. The molecule has 0 aliphatic carbocycles. The molecule has 5 nitrogen and oxygen atoms in total. The first-order valence-electron chi connectivity index (χ1n) is 6.13. The Morgan fingerprint density at radius 1 is 1.40 bits per heavy atom. The van der Waals surface area contributed by atoms with Gasteiger partial charge in [0.05, 0.1) is 7.11 Å². The van der Waals surface area contributed by atoms with E-state index in [1.54, 1.807) is 12.1 Å². The van der Waals surface area contributed by atoms with Gasteiger partial charge in [0.25, 0.3) is 0 Å². The van der Waals surface area contributed by atoms with Crippen molar-refractivity contribution in [2.45, 2.75) is 32.2 Å². The first-order valence-corrected chi connectivity index (χ1v) is 6.13. The van der Waals surface area contributed by atoms with Gasteiger partial charge in [-0.1, -0.05) is 12.1 Å². The van der Waals surface area contributed by atoms with Crippen LogP contribution in [0.4, 0.5) is 4.39 Å². The molecule has 2 N–H and O–H groups in total. The van der Waals surface area contributed by atoms with Gasteiger partial charge in [0.1, 0.15) is 5.54 Å². The second-order valence-electron chi connectivity index (χ2n) is 4.91. The van der Waals surface area contributed by atoms with Crippen molar-refractivity contribution < 1.29 is 23.8 Å². The monoisotopic (exact) mass is 283 g/mol. The summed E-state index contributed by atoms with van der Waals surface area (Å²) in [4.78, 5) is 22.6. The summed E-state index contributed by atoms with van der Waals surface area (Å²) in [6, 6.07) is 4.69. The number of aliphatic carboxylic acids is 1. The van der Waals surface area contributed by atoms with Crippen LogP contribution in [0.5, 0.6) is 5.75 Å². The van der Waals surface area contributed by atoms with Gasteiger partial charge in [0.2, 0.25) is 5.91 Å². The Labute approximate surface area is 116 Å². The van der Waals surface area contributed by atoms with Gasteiger partial charge in [0.15, 0.2) is 11.6 Å². The summed E-state index contributed by atoms with van der Waals surface area (Å²) in [5, 5.41) is 11.3. The number of carboxylic acids is 1. The van der Waals surface area contributed by atoms with Crippen molar-refractivity contribution in [3.63, 3.8) is 0 Å². The molecule has 0 bridgehead atoms. The maximum Gasteiger partial charge on any atom is 0.328 e. The number of benzene rings is 1. The van der Waals surface area contributed by atoms with E-state index >= 15 is 0 Å². The molecule has 1 amide bonds. The molecule has 1 aromatic rings. The summed E-state index contributed by atoms with van der Waals surface area (Å²) in [7, 11) is 1.37. The zero-order chi connectivity index (χ0) is 15.3. The summed E-state index contributed by atoms with van der Waals surface area (Å²) in [6.07, 6.45) is 0.172. The number of carboxylic acid groups (broad SMARTS) is 1. The number of ether oxygens (including phenoxy) is 1. The number of nitrogens with one attached hydrogen (secondary N) is 1. The molecule has 110 valence electrons. The molecule has 0 atom stereocenters. The minimum atomic E-state index is -1.34.